The number of hydrogen-bond donors (Lipinski definition) is 1. The van der Waals surface area contributed by atoms with Crippen molar-refractivity contribution >= 4 is 11.5 Å². The van der Waals surface area contributed by atoms with Gasteiger partial charge in [-0.3, -0.25) is 0 Å². The summed E-state index contributed by atoms with van der Waals surface area (Å²) in [5, 5.41) is 3.05. The van der Waals surface area contributed by atoms with E-state index in [-0.39, 0.29) is 5.82 Å². The highest BCUT2D eigenvalue weighted by Gasteiger charge is 1.94. The number of para-hydroxylation sites is 1. The number of benzene rings is 1. The molecular formula is C11H9FN2. The molecule has 3 heteroatoms. The fraction of sp³-hybridized carbons (Fsp3) is 0. The fourth-order valence-electron chi connectivity index (χ4n) is 1.12. The first-order valence-corrected chi connectivity index (χ1v) is 4.28. The zero-order valence-corrected chi connectivity index (χ0v) is 7.44. The highest BCUT2D eigenvalue weighted by atomic mass is 19.1. The predicted molar refractivity (Wildman–Crippen MR) is 53.9 cm³/mol. The molecule has 0 amide bonds. The van der Waals surface area contributed by atoms with E-state index < -0.39 is 0 Å². The molecule has 0 aliphatic rings. The number of nitrogens with zero attached hydrogens (tertiary/aromatic N) is 1. The van der Waals surface area contributed by atoms with E-state index in [4.69, 9.17) is 0 Å². The van der Waals surface area contributed by atoms with Gasteiger partial charge in [0.2, 0.25) is 0 Å². The zero-order valence-electron chi connectivity index (χ0n) is 7.44. The van der Waals surface area contributed by atoms with Gasteiger partial charge in [0, 0.05) is 5.69 Å². The fourth-order valence-corrected chi connectivity index (χ4v) is 1.12. The molecule has 1 heterocycles. The van der Waals surface area contributed by atoms with Crippen LogP contribution in [-0.2, 0) is 0 Å². The molecule has 14 heavy (non-hydrogen) atoms. The maximum Gasteiger partial charge on any atom is 0.141 e. The first kappa shape index (κ1) is 8.69. The van der Waals surface area contributed by atoms with E-state index >= 15 is 0 Å². The summed E-state index contributed by atoms with van der Waals surface area (Å²) in [4.78, 5) is 3.89. The SMILES string of the molecule is Fc1ccc(Nc2ccccc2)nc1. The highest BCUT2D eigenvalue weighted by molar-refractivity contribution is 5.55. The molecule has 0 fully saturated rings. The maximum atomic E-state index is 12.5. The average molecular weight is 188 g/mol. The summed E-state index contributed by atoms with van der Waals surface area (Å²) < 4.78 is 12.5. The predicted octanol–water partition coefficient (Wildman–Crippen LogP) is 2.96. The molecule has 0 aliphatic heterocycles. The number of pyridine rings is 1. The molecule has 1 aromatic heterocycles. The van der Waals surface area contributed by atoms with Crippen LogP contribution in [-0.4, -0.2) is 4.98 Å². The average Bonchev–Trinajstić information content (AvgIpc) is 2.23. The van der Waals surface area contributed by atoms with E-state index in [0.717, 1.165) is 5.69 Å². The molecule has 0 spiro atoms. The first-order chi connectivity index (χ1) is 6.84. The van der Waals surface area contributed by atoms with E-state index in [2.05, 4.69) is 10.3 Å². The third-order valence-electron chi connectivity index (χ3n) is 1.77. The van der Waals surface area contributed by atoms with Crippen LogP contribution in [0, 0.1) is 5.82 Å². The van der Waals surface area contributed by atoms with E-state index in [9.17, 15) is 4.39 Å². The van der Waals surface area contributed by atoms with Gasteiger partial charge in [0.25, 0.3) is 0 Å². The summed E-state index contributed by atoms with van der Waals surface area (Å²) in [5.74, 6) is 0.307. The van der Waals surface area contributed by atoms with Gasteiger partial charge in [-0.1, -0.05) is 18.2 Å². The Morgan fingerprint density at radius 1 is 1.00 bits per heavy atom. The van der Waals surface area contributed by atoms with Gasteiger partial charge in [0.15, 0.2) is 0 Å². The zero-order chi connectivity index (χ0) is 9.80. The van der Waals surface area contributed by atoms with Gasteiger partial charge in [-0.2, -0.15) is 0 Å². The van der Waals surface area contributed by atoms with Crippen LogP contribution in [0.3, 0.4) is 0 Å². The molecule has 2 rings (SSSR count). The minimum Gasteiger partial charge on any atom is -0.340 e. The summed E-state index contributed by atoms with van der Waals surface area (Å²) in [6, 6.07) is 12.6. The van der Waals surface area contributed by atoms with Crippen LogP contribution in [0.4, 0.5) is 15.9 Å². The molecule has 0 radical (unpaired) electrons. The number of rotatable bonds is 2. The van der Waals surface area contributed by atoms with Crippen LogP contribution in [0.5, 0.6) is 0 Å². The van der Waals surface area contributed by atoms with Crippen LogP contribution in [0.25, 0.3) is 0 Å². The Bertz CT molecular complexity index is 397. The second kappa shape index (κ2) is 3.87. The minimum atomic E-state index is -0.330. The molecule has 0 aliphatic carbocycles. The van der Waals surface area contributed by atoms with Gasteiger partial charge in [0.1, 0.15) is 11.6 Å². The van der Waals surface area contributed by atoms with Gasteiger partial charge in [-0.15, -0.1) is 0 Å². The van der Waals surface area contributed by atoms with Crippen LogP contribution in [0.1, 0.15) is 0 Å². The van der Waals surface area contributed by atoms with E-state index in [1.807, 2.05) is 30.3 Å². The van der Waals surface area contributed by atoms with Crippen molar-refractivity contribution < 1.29 is 4.39 Å². The lowest BCUT2D eigenvalue weighted by molar-refractivity contribution is 0.622. The van der Waals surface area contributed by atoms with Crippen LogP contribution >= 0.6 is 0 Å². The number of anilines is 2. The summed E-state index contributed by atoms with van der Waals surface area (Å²) in [5.41, 5.74) is 0.937. The lowest BCUT2D eigenvalue weighted by atomic mass is 10.3. The summed E-state index contributed by atoms with van der Waals surface area (Å²) in [6.07, 6.45) is 1.19. The molecule has 0 unspecified atom stereocenters. The van der Waals surface area contributed by atoms with Gasteiger partial charge in [0.05, 0.1) is 6.20 Å². The van der Waals surface area contributed by atoms with Crippen molar-refractivity contribution in [1.82, 2.24) is 4.98 Å². The molecule has 2 aromatic rings. The summed E-state index contributed by atoms with van der Waals surface area (Å²) in [6.45, 7) is 0. The number of nitrogens with one attached hydrogen (secondary N) is 1. The lowest BCUT2D eigenvalue weighted by Crippen LogP contribution is -1.92. The Labute approximate surface area is 81.4 Å². The third-order valence-corrected chi connectivity index (χ3v) is 1.77. The largest absolute Gasteiger partial charge is 0.340 e. The summed E-state index contributed by atoms with van der Waals surface area (Å²) in [7, 11) is 0. The van der Waals surface area contributed by atoms with E-state index in [0.29, 0.717) is 5.82 Å². The minimum absolute atomic E-state index is 0.330. The Balaban J connectivity index is 2.16. The van der Waals surface area contributed by atoms with Crippen molar-refractivity contribution in [3.63, 3.8) is 0 Å². The van der Waals surface area contributed by atoms with E-state index in [1.165, 1.54) is 12.3 Å². The molecule has 0 saturated heterocycles. The third kappa shape index (κ3) is 2.07. The normalized spacial score (nSPS) is 9.79. The summed E-state index contributed by atoms with van der Waals surface area (Å²) >= 11 is 0. The Kier molecular flexibility index (Phi) is 2.40. The van der Waals surface area contributed by atoms with Gasteiger partial charge < -0.3 is 5.32 Å². The maximum absolute atomic E-state index is 12.5. The van der Waals surface area contributed by atoms with Crippen molar-refractivity contribution in [2.24, 2.45) is 0 Å². The van der Waals surface area contributed by atoms with Crippen molar-refractivity contribution in [2.45, 2.75) is 0 Å². The van der Waals surface area contributed by atoms with Crippen LogP contribution in [0.15, 0.2) is 48.7 Å². The molecule has 1 N–H and O–H groups in total. The molecule has 1 aromatic carbocycles. The Morgan fingerprint density at radius 2 is 1.79 bits per heavy atom. The van der Waals surface area contributed by atoms with Crippen molar-refractivity contribution in [3.05, 3.63) is 54.5 Å². The highest BCUT2D eigenvalue weighted by Crippen LogP contribution is 2.12. The first-order valence-electron chi connectivity index (χ1n) is 4.28. The molecule has 0 saturated carbocycles. The number of aromatic nitrogens is 1. The van der Waals surface area contributed by atoms with E-state index in [1.54, 1.807) is 6.07 Å². The van der Waals surface area contributed by atoms with Crippen LogP contribution in [0.2, 0.25) is 0 Å². The Hall–Kier alpha value is -1.90. The molecule has 2 nitrogen and oxygen atoms in total. The monoisotopic (exact) mass is 188 g/mol. The van der Waals surface area contributed by atoms with Crippen molar-refractivity contribution in [2.75, 3.05) is 5.32 Å². The molecular weight excluding hydrogens is 179 g/mol. The van der Waals surface area contributed by atoms with Gasteiger partial charge in [-0.05, 0) is 24.3 Å². The smallest absolute Gasteiger partial charge is 0.141 e. The second-order valence-electron chi connectivity index (χ2n) is 2.85. The van der Waals surface area contributed by atoms with Gasteiger partial charge >= 0.3 is 0 Å². The van der Waals surface area contributed by atoms with Gasteiger partial charge in [-0.25, -0.2) is 9.37 Å². The standard InChI is InChI=1S/C11H9FN2/c12-9-6-7-11(13-8-9)14-10-4-2-1-3-5-10/h1-8H,(H,13,14). The Morgan fingerprint density at radius 3 is 2.43 bits per heavy atom. The quantitative estimate of drug-likeness (QED) is 0.783. The number of hydrogen-bond acceptors (Lipinski definition) is 2. The number of halogens is 1. The van der Waals surface area contributed by atoms with Crippen molar-refractivity contribution in [1.29, 1.82) is 0 Å². The van der Waals surface area contributed by atoms with Crippen LogP contribution < -0.4 is 5.32 Å². The lowest BCUT2D eigenvalue weighted by Gasteiger charge is -2.03. The van der Waals surface area contributed by atoms with Crippen molar-refractivity contribution in [3.8, 4) is 0 Å². The molecule has 0 atom stereocenters. The molecule has 0 bridgehead atoms. The topological polar surface area (TPSA) is 24.9 Å². The second-order valence-corrected chi connectivity index (χ2v) is 2.85. The molecule has 70 valence electrons.